The molecule has 1 aromatic rings. The molecule has 1 saturated heterocycles. The molecule has 1 amide bonds. The molecule has 2 aliphatic carbocycles. The van der Waals surface area contributed by atoms with E-state index in [9.17, 15) is 18.0 Å². The molecule has 1 aromatic carbocycles. The van der Waals surface area contributed by atoms with E-state index in [0.717, 1.165) is 44.6 Å². The molecule has 7 heteroatoms. The van der Waals surface area contributed by atoms with Crippen LogP contribution in [0.3, 0.4) is 0 Å². The zero-order chi connectivity index (χ0) is 17.7. The van der Waals surface area contributed by atoms with Gasteiger partial charge < -0.3 is 15.0 Å². The largest absolute Gasteiger partial charge is 0.477 e. The predicted octanol–water partition coefficient (Wildman–Crippen LogP) is 2.97. The number of carbonyl (C=O) groups excluding carboxylic acids is 1. The molecule has 4 nitrogen and oxygen atoms in total. The third-order valence-electron chi connectivity index (χ3n) is 5.30. The number of benzene rings is 1. The van der Waals surface area contributed by atoms with E-state index in [0.29, 0.717) is 12.8 Å². The molecule has 3 fully saturated rings. The van der Waals surface area contributed by atoms with Crippen molar-refractivity contribution in [2.75, 3.05) is 19.6 Å². The van der Waals surface area contributed by atoms with Crippen molar-refractivity contribution < 1.29 is 22.7 Å². The lowest BCUT2D eigenvalue weighted by Crippen LogP contribution is -2.53. The van der Waals surface area contributed by atoms with Crippen LogP contribution >= 0.6 is 0 Å². The molecule has 0 radical (unpaired) electrons. The Labute approximate surface area is 144 Å². The molecule has 4 rings (SSSR count). The second-order valence-electron chi connectivity index (χ2n) is 7.49. The molecule has 0 unspecified atom stereocenters. The van der Waals surface area contributed by atoms with Gasteiger partial charge in [0.05, 0.1) is 11.1 Å². The van der Waals surface area contributed by atoms with Crippen molar-refractivity contribution in [1.29, 1.82) is 0 Å². The SMILES string of the molecule is O=C(NC1(CN2CCC2)CC1)C1(Oc2cccc(C(F)(F)F)c2)CC1. The van der Waals surface area contributed by atoms with Gasteiger partial charge in [-0.15, -0.1) is 0 Å². The summed E-state index contributed by atoms with van der Waals surface area (Å²) in [5.74, 6) is -0.0991. The number of rotatable bonds is 6. The van der Waals surface area contributed by atoms with E-state index in [1.165, 1.54) is 18.6 Å². The number of alkyl halides is 3. The van der Waals surface area contributed by atoms with Gasteiger partial charge in [0, 0.05) is 19.4 Å². The highest BCUT2D eigenvalue weighted by Gasteiger charge is 2.57. The average molecular weight is 354 g/mol. The zero-order valence-electron chi connectivity index (χ0n) is 13.9. The number of amides is 1. The normalized spacial score (nSPS) is 23.5. The summed E-state index contributed by atoms with van der Waals surface area (Å²) in [4.78, 5) is 15.0. The van der Waals surface area contributed by atoms with Crippen LogP contribution in [0, 0.1) is 0 Å². The Morgan fingerprint density at radius 3 is 2.44 bits per heavy atom. The molecule has 0 atom stereocenters. The summed E-state index contributed by atoms with van der Waals surface area (Å²) in [6.07, 6.45) is -0.242. The molecule has 0 aromatic heterocycles. The molecule has 1 heterocycles. The number of halogens is 3. The minimum absolute atomic E-state index is 0.0927. The third kappa shape index (κ3) is 3.47. The van der Waals surface area contributed by atoms with Crippen LogP contribution in [0.25, 0.3) is 0 Å². The van der Waals surface area contributed by atoms with Crippen LogP contribution in [-0.2, 0) is 11.0 Å². The van der Waals surface area contributed by atoms with Gasteiger partial charge in [-0.3, -0.25) is 4.79 Å². The van der Waals surface area contributed by atoms with Crippen LogP contribution in [0.15, 0.2) is 24.3 Å². The van der Waals surface area contributed by atoms with Crippen molar-refractivity contribution in [2.45, 2.75) is 49.4 Å². The van der Waals surface area contributed by atoms with Crippen LogP contribution in [0.4, 0.5) is 13.2 Å². The Morgan fingerprint density at radius 2 is 1.92 bits per heavy atom. The maximum atomic E-state index is 12.8. The zero-order valence-corrected chi connectivity index (χ0v) is 13.9. The first-order valence-corrected chi connectivity index (χ1v) is 8.72. The second kappa shape index (κ2) is 5.62. The quantitative estimate of drug-likeness (QED) is 0.854. The average Bonchev–Trinajstić information content (AvgIpc) is 3.41. The monoisotopic (exact) mass is 354 g/mol. The summed E-state index contributed by atoms with van der Waals surface area (Å²) in [7, 11) is 0. The summed E-state index contributed by atoms with van der Waals surface area (Å²) in [5, 5.41) is 3.11. The van der Waals surface area contributed by atoms with Crippen LogP contribution in [0.1, 0.15) is 37.7 Å². The van der Waals surface area contributed by atoms with E-state index in [4.69, 9.17) is 4.74 Å². The summed E-state index contributed by atoms with van der Waals surface area (Å²) in [6.45, 7) is 3.01. The molecule has 0 spiro atoms. The van der Waals surface area contributed by atoms with Crippen molar-refractivity contribution in [3.63, 3.8) is 0 Å². The second-order valence-corrected chi connectivity index (χ2v) is 7.49. The minimum atomic E-state index is -4.42. The van der Waals surface area contributed by atoms with Gasteiger partial charge in [-0.05, 0) is 50.6 Å². The number of likely N-dealkylation sites (tertiary alicyclic amines) is 1. The van der Waals surface area contributed by atoms with E-state index in [1.54, 1.807) is 0 Å². The van der Waals surface area contributed by atoms with Crippen molar-refractivity contribution in [3.05, 3.63) is 29.8 Å². The first kappa shape index (κ1) is 16.7. The number of nitrogens with one attached hydrogen (secondary N) is 1. The van der Waals surface area contributed by atoms with E-state index in [1.807, 2.05) is 0 Å². The number of ether oxygens (including phenoxy) is 1. The van der Waals surface area contributed by atoms with E-state index in [2.05, 4.69) is 10.2 Å². The summed E-state index contributed by atoms with van der Waals surface area (Å²) < 4.78 is 44.2. The molecule has 25 heavy (non-hydrogen) atoms. The van der Waals surface area contributed by atoms with Gasteiger partial charge in [0.15, 0.2) is 5.60 Å². The van der Waals surface area contributed by atoms with Gasteiger partial charge in [-0.1, -0.05) is 6.07 Å². The Bertz CT molecular complexity index is 677. The fraction of sp³-hybridized carbons (Fsp3) is 0.611. The van der Waals surface area contributed by atoms with Crippen molar-refractivity contribution in [2.24, 2.45) is 0 Å². The molecular formula is C18H21F3N2O2. The van der Waals surface area contributed by atoms with E-state index >= 15 is 0 Å². The van der Waals surface area contributed by atoms with E-state index in [-0.39, 0.29) is 17.2 Å². The number of hydrogen-bond acceptors (Lipinski definition) is 3. The Balaban J connectivity index is 1.41. The predicted molar refractivity (Wildman–Crippen MR) is 85.2 cm³/mol. The van der Waals surface area contributed by atoms with Gasteiger partial charge in [0.1, 0.15) is 5.75 Å². The molecule has 0 bridgehead atoms. The topological polar surface area (TPSA) is 41.6 Å². The Morgan fingerprint density at radius 1 is 1.20 bits per heavy atom. The lowest BCUT2D eigenvalue weighted by atomic mass is 10.1. The Hall–Kier alpha value is -1.76. The Kier molecular flexibility index (Phi) is 3.76. The number of hydrogen-bond donors (Lipinski definition) is 1. The maximum Gasteiger partial charge on any atom is 0.416 e. The van der Waals surface area contributed by atoms with Crippen molar-refractivity contribution in [3.8, 4) is 5.75 Å². The van der Waals surface area contributed by atoms with E-state index < -0.39 is 17.3 Å². The lowest BCUT2D eigenvalue weighted by molar-refractivity contribution is -0.137. The summed E-state index contributed by atoms with van der Waals surface area (Å²) in [5.41, 5.74) is -1.93. The molecule has 1 N–H and O–H groups in total. The first-order chi connectivity index (χ1) is 11.8. The highest BCUT2D eigenvalue weighted by molar-refractivity contribution is 5.89. The molecule has 136 valence electrons. The van der Waals surface area contributed by atoms with Crippen LogP contribution < -0.4 is 10.1 Å². The first-order valence-electron chi connectivity index (χ1n) is 8.72. The van der Waals surface area contributed by atoms with Gasteiger partial charge >= 0.3 is 6.18 Å². The van der Waals surface area contributed by atoms with Crippen LogP contribution in [-0.4, -0.2) is 41.6 Å². The standard InChI is InChI=1S/C18H21F3N2O2/c19-18(20,21)13-3-1-4-14(11-13)25-17(7-8-17)15(24)22-16(5-6-16)12-23-9-2-10-23/h1,3-4,11H,2,5-10,12H2,(H,22,24). The third-order valence-corrected chi connectivity index (χ3v) is 5.30. The highest BCUT2D eigenvalue weighted by atomic mass is 19.4. The highest BCUT2D eigenvalue weighted by Crippen LogP contribution is 2.44. The lowest BCUT2D eigenvalue weighted by Gasteiger charge is -2.35. The molecule has 1 aliphatic heterocycles. The number of carbonyl (C=O) groups is 1. The molecule has 3 aliphatic rings. The molecular weight excluding hydrogens is 333 g/mol. The summed E-state index contributed by atoms with van der Waals surface area (Å²) in [6, 6.07) is 4.73. The smallest absolute Gasteiger partial charge is 0.416 e. The minimum Gasteiger partial charge on any atom is -0.477 e. The van der Waals surface area contributed by atoms with Gasteiger partial charge in [0.25, 0.3) is 5.91 Å². The summed E-state index contributed by atoms with van der Waals surface area (Å²) >= 11 is 0. The van der Waals surface area contributed by atoms with Gasteiger partial charge in [-0.25, -0.2) is 0 Å². The maximum absolute atomic E-state index is 12.8. The van der Waals surface area contributed by atoms with Crippen molar-refractivity contribution in [1.82, 2.24) is 10.2 Å². The number of nitrogens with zero attached hydrogens (tertiary/aromatic N) is 1. The molecule has 2 saturated carbocycles. The van der Waals surface area contributed by atoms with Crippen LogP contribution in [0.2, 0.25) is 0 Å². The van der Waals surface area contributed by atoms with Gasteiger partial charge in [0.2, 0.25) is 0 Å². The van der Waals surface area contributed by atoms with Gasteiger partial charge in [-0.2, -0.15) is 13.2 Å². The van der Waals surface area contributed by atoms with Crippen molar-refractivity contribution >= 4 is 5.91 Å². The van der Waals surface area contributed by atoms with Crippen LogP contribution in [0.5, 0.6) is 5.75 Å². The fourth-order valence-corrected chi connectivity index (χ4v) is 3.25. The fourth-order valence-electron chi connectivity index (χ4n) is 3.25.